The highest BCUT2D eigenvalue weighted by molar-refractivity contribution is 9.10. The molecule has 2 N–H and O–H groups in total. The molecule has 1 saturated heterocycles. The molecule has 1 aliphatic rings. The zero-order chi connectivity index (χ0) is 12.3. The molecular weight excluding hydrogens is 335 g/mol. The highest BCUT2D eigenvalue weighted by Gasteiger charge is 2.19. The normalized spacial score (nSPS) is 20.5. The number of halogens is 3. The molecule has 1 atom stereocenters. The number of likely N-dealkylation sites (tertiary alicyclic amines) is 1. The van der Waals surface area contributed by atoms with Gasteiger partial charge in [0, 0.05) is 22.6 Å². The van der Waals surface area contributed by atoms with Crippen molar-refractivity contribution in [1.29, 1.82) is 0 Å². The van der Waals surface area contributed by atoms with Crippen LogP contribution in [0, 0.1) is 5.92 Å². The van der Waals surface area contributed by atoms with Crippen LogP contribution in [0.4, 0.5) is 0 Å². The van der Waals surface area contributed by atoms with Crippen molar-refractivity contribution in [2.45, 2.75) is 19.4 Å². The molecule has 1 unspecified atom stereocenters. The number of benzene rings is 1. The van der Waals surface area contributed by atoms with Crippen LogP contribution in [0.2, 0.25) is 5.02 Å². The van der Waals surface area contributed by atoms with E-state index in [4.69, 9.17) is 17.3 Å². The van der Waals surface area contributed by atoms with Gasteiger partial charge in [-0.1, -0.05) is 33.6 Å². The number of hydrogen-bond acceptors (Lipinski definition) is 2. The molecular formula is C13H19BrCl2N2. The third kappa shape index (κ3) is 4.39. The predicted octanol–water partition coefficient (Wildman–Crippen LogP) is 3.70. The lowest BCUT2D eigenvalue weighted by atomic mass is 9.98. The van der Waals surface area contributed by atoms with E-state index in [1.54, 1.807) is 0 Å². The lowest BCUT2D eigenvalue weighted by Crippen LogP contribution is -2.37. The van der Waals surface area contributed by atoms with Crippen molar-refractivity contribution < 1.29 is 0 Å². The van der Waals surface area contributed by atoms with E-state index in [2.05, 4.69) is 26.9 Å². The second-order valence-corrected chi connectivity index (χ2v) is 6.04. The maximum Gasteiger partial charge on any atom is 0.0462 e. The van der Waals surface area contributed by atoms with Gasteiger partial charge in [-0.15, -0.1) is 12.4 Å². The molecule has 102 valence electrons. The zero-order valence-electron chi connectivity index (χ0n) is 10.2. The summed E-state index contributed by atoms with van der Waals surface area (Å²) in [5.74, 6) is 0.651. The maximum atomic E-state index is 6.24. The average molecular weight is 354 g/mol. The predicted molar refractivity (Wildman–Crippen MR) is 83.5 cm³/mol. The molecule has 0 amide bonds. The van der Waals surface area contributed by atoms with Crippen molar-refractivity contribution in [2.75, 3.05) is 19.6 Å². The van der Waals surface area contributed by atoms with E-state index in [1.807, 2.05) is 12.1 Å². The van der Waals surface area contributed by atoms with Gasteiger partial charge in [-0.2, -0.15) is 0 Å². The Kier molecular flexibility index (Phi) is 6.96. The van der Waals surface area contributed by atoms with Crippen LogP contribution >= 0.6 is 39.9 Å². The topological polar surface area (TPSA) is 29.3 Å². The molecule has 0 aromatic heterocycles. The first-order valence-electron chi connectivity index (χ1n) is 6.05. The smallest absolute Gasteiger partial charge is 0.0462 e. The Morgan fingerprint density at radius 2 is 2.22 bits per heavy atom. The van der Waals surface area contributed by atoms with Gasteiger partial charge >= 0.3 is 0 Å². The van der Waals surface area contributed by atoms with Crippen LogP contribution in [0.3, 0.4) is 0 Å². The second kappa shape index (κ2) is 7.71. The first-order valence-corrected chi connectivity index (χ1v) is 7.22. The van der Waals surface area contributed by atoms with E-state index in [1.165, 1.54) is 18.4 Å². The highest BCUT2D eigenvalue weighted by atomic mass is 79.9. The molecule has 2 nitrogen and oxygen atoms in total. The average Bonchev–Trinajstić information content (AvgIpc) is 2.33. The Bertz CT molecular complexity index is 387. The van der Waals surface area contributed by atoms with Crippen molar-refractivity contribution in [3.8, 4) is 0 Å². The van der Waals surface area contributed by atoms with Crippen molar-refractivity contribution in [3.05, 3.63) is 33.3 Å². The Morgan fingerprint density at radius 1 is 1.44 bits per heavy atom. The van der Waals surface area contributed by atoms with Crippen molar-refractivity contribution in [1.82, 2.24) is 4.90 Å². The van der Waals surface area contributed by atoms with Gasteiger partial charge in [0.05, 0.1) is 0 Å². The van der Waals surface area contributed by atoms with Crippen molar-refractivity contribution in [2.24, 2.45) is 11.7 Å². The minimum absolute atomic E-state index is 0. The second-order valence-electron chi connectivity index (χ2n) is 4.71. The largest absolute Gasteiger partial charge is 0.330 e. The summed E-state index contributed by atoms with van der Waals surface area (Å²) in [6.07, 6.45) is 2.51. The van der Waals surface area contributed by atoms with Crippen LogP contribution in [0.5, 0.6) is 0 Å². The summed E-state index contributed by atoms with van der Waals surface area (Å²) in [7, 11) is 0. The summed E-state index contributed by atoms with van der Waals surface area (Å²) in [5, 5.41) is 0.842. The van der Waals surface area contributed by atoms with Gasteiger partial charge in [-0.05, 0) is 49.5 Å². The molecule has 0 aliphatic carbocycles. The Morgan fingerprint density at radius 3 is 2.89 bits per heavy atom. The fourth-order valence-electron chi connectivity index (χ4n) is 2.38. The standard InChI is InChI=1S/C13H18BrClN2.ClH/c14-12-4-3-11(13(15)6-12)9-17-5-1-2-10(7-16)8-17;/h3-4,6,10H,1-2,5,7-9,16H2;1H. The van der Waals surface area contributed by atoms with E-state index in [-0.39, 0.29) is 12.4 Å². The molecule has 1 heterocycles. The SMILES string of the molecule is Cl.NCC1CCCN(Cc2ccc(Br)cc2Cl)C1. The van der Waals surface area contributed by atoms with Crippen LogP contribution < -0.4 is 5.73 Å². The molecule has 1 aromatic carbocycles. The number of nitrogens with zero attached hydrogens (tertiary/aromatic N) is 1. The number of nitrogens with two attached hydrogens (primary N) is 1. The summed E-state index contributed by atoms with van der Waals surface area (Å²) < 4.78 is 1.03. The van der Waals surface area contributed by atoms with Gasteiger partial charge in [-0.25, -0.2) is 0 Å². The van der Waals surface area contributed by atoms with Gasteiger partial charge in [0.15, 0.2) is 0 Å². The van der Waals surface area contributed by atoms with Crippen molar-refractivity contribution in [3.63, 3.8) is 0 Å². The van der Waals surface area contributed by atoms with Gasteiger partial charge in [0.25, 0.3) is 0 Å². The highest BCUT2D eigenvalue weighted by Crippen LogP contribution is 2.24. The quantitative estimate of drug-likeness (QED) is 0.897. The maximum absolute atomic E-state index is 6.24. The lowest BCUT2D eigenvalue weighted by Gasteiger charge is -2.32. The minimum atomic E-state index is 0. The fourth-order valence-corrected chi connectivity index (χ4v) is 3.11. The number of piperidine rings is 1. The molecule has 0 radical (unpaired) electrons. The summed E-state index contributed by atoms with van der Waals surface area (Å²) in [6.45, 7) is 3.99. The van der Waals surface area contributed by atoms with Crippen LogP contribution in [-0.2, 0) is 6.54 Å². The fraction of sp³-hybridized carbons (Fsp3) is 0.538. The first-order chi connectivity index (χ1) is 8.19. The van der Waals surface area contributed by atoms with Crippen LogP contribution in [0.1, 0.15) is 18.4 Å². The third-order valence-electron chi connectivity index (χ3n) is 3.35. The molecule has 0 bridgehead atoms. The molecule has 5 heteroatoms. The molecule has 2 rings (SSSR count). The van der Waals surface area contributed by atoms with E-state index < -0.39 is 0 Å². The molecule has 1 fully saturated rings. The van der Waals surface area contributed by atoms with Crippen molar-refractivity contribution >= 4 is 39.9 Å². The molecule has 0 saturated carbocycles. The van der Waals surface area contributed by atoms with Gasteiger partial charge in [0.1, 0.15) is 0 Å². The molecule has 1 aromatic rings. The first kappa shape index (κ1) is 16.3. The van der Waals surface area contributed by atoms with Crippen LogP contribution in [0.25, 0.3) is 0 Å². The Balaban J connectivity index is 0.00000162. The summed E-state index contributed by atoms with van der Waals surface area (Å²) in [5.41, 5.74) is 6.95. The van der Waals surface area contributed by atoms with Gasteiger partial charge < -0.3 is 5.73 Å². The van der Waals surface area contributed by atoms with Gasteiger partial charge in [0.2, 0.25) is 0 Å². The summed E-state index contributed by atoms with van der Waals surface area (Å²) in [6, 6.07) is 6.10. The van der Waals surface area contributed by atoms with Crippen LogP contribution in [0.15, 0.2) is 22.7 Å². The van der Waals surface area contributed by atoms with E-state index in [0.29, 0.717) is 5.92 Å². The lowest BCUT2D eigenvalue weighted by molar-refractivity contribution is 0.171. The zero-order valence-corrected chi connectivity index (χ0v) is 13.4. The van der Waals surface area contributed by atoms with E-state index in [0.717, 1.165) is 35.7 Å². The number of rotatable bonds is 3. The summed E-state index contributed by atoms with van der Waals surface area (Å²) in [4.78, 5) is 2.45. The van der Waals surface area contributed by atoms with Gasteiger partial charge in [-0.3, -0.25) is 4.90 Å². The molecule has 18 heavy (non-hydrogen) atoms. The monoisotopic (exact) mass is 352 g/mol. The third-order valence-corrected chi connectivity index (χ3v) is 4.19. The Hall–Kier alpha value is 0.200. The minimum Gasteiger partial charge on any atom is -0.330 e. The molecule has 0 spiro atoms. The van der Waals surface area contributed by atoms with E-state index >= 15 is 0 Å². The Labute approximate surface area is 128 Å². The van der Waals surface area contributed by atoms with E-state index in [9.17, 15) is 0 Å². The van der Waals surface area contributed by atoms with Crippen LogP contribution in [-0.4, -0.2) is 24.5 Å². The summed E-state index contributed by atoms with van der Waals surface area (Å²) >= 11 is 9.67. The molecule has 1 aliphatic heterocycles. The number of hydrogen-bond donors (Lipinski definition) is 1.